The lowest BCUT2D eigenvalue weighted by Gasteiger charge is -2.27. The molecule has 1 saturated heterocycles. The zero-order valence-electron chi connectivity index (χ0n) is 14.5. The summed E-state index contributed by atoms with van der Waals surface area (Å²) in [6, 6.07) is 6.30. The predicted octanol–water partition coefficient (Wildman–Crippen LogP) is 2.92. The molecule has 3 aromatic heterocycles. The zero-order chi connectivity index (χ0) is 17.5. The van der Waals surface area contributed by atoms with Crippen LogP contribution in [0.2, 0.25) is 0 Å². The van der Waals surface area contributed by atoms with Crippen molar-refractivity contribution in [2.24, 2.45) is 0 Å². The minimum atomic E-state index is 0.0594. The Morgan fingerprint density at radius 1 is 1.27 bits per heavy atom. The van der Waals surface area contributed by atoms with Crippen LogP contribution in [0.1, 0.15) is 35.6 Å². The van der Waals surface area contributed by atoms with Crippen LogP contribution < -0.4 is 5.32 Å². The van der Waals surface area contributed by atoms with Crippen molar-refractivity contribution in [1.82, 2.24) is 19.5 Å². The van der Waals surface area contributed by atoms with Crippen molar-refractivity contribution in [1.29, 1.82) is 0 Å². The molecule has 2 aliphatic rings. The van der Waals surface area contributed by atoms with Crippen molar-refractivity contribution in [3.63, 3.8) is 0 Å². The summed E-state index contributed by atoms with van der Waals surface area (Å²) in [4.78, 5) is 20.7. The zero-order valence-corrected chi connectivity index (χ0v) is 15.3. The summed E-state index contributed by atoms with van der Waals surface area (Å²) in [7, 11) is 0. The summed E-state index contributed by atoms with van der Waals surface area (Å²) in [6.07, 6.45) is 7.77. The monoisotopic (exact) mass is 367 g/mol. The smallest absolute Gasteiger partial charge is 0.230 e. The van der Waals surface area contributed by atoms with E-state index in [1.165, 1.54) is 10.4 Å². The second-order valence-corrected chi connectivity index (χ2v) is 8.11. The van der Waals surface area contributed by atoms with Crippen LogP contribution in [0, 0.1) is 0 Å². The Morgan fingerprint density at radius 2 is 2.23 bits per heavy atom. The molecule has 26 heavy (non-hydrogen) atoms. The van der Waals surface area contributed by atoms with Crippen molar-refractivity contribution >= 4 is 28.7 Å². The SMILES string of the molecule is O=C(C1CCCc2sccc21)N1CCC(Nc2ccc3nccn3n2)C1. The highest BCUT2D eigenvalue weighted by molar-refractivity contribution is 7.10. The number of likely N-dealkylation sites (tertiary alicyclic amines) is 1. The van der Waals surface area contributed by atoms with E-state index in [2.05, 4.69) is 26.8 Å². The summed E-state index contributed by atoms with van der Waals surface area (Å²) >= 11 is 1.79. The van der Waals surface area contributed by atoms with E-state index in [9.17, 15) is 4.79 Å². The Balaban J connectivity index is 1.26. The molecule has 2 atom stereocenters. The molecule has 7 heteroatoms. The number of carbonyl (C=O) groups is 1. The van der Waals surface area contributed by atoms with Crippen LogP contribution in [0.3, 0.4) is 0 Å². The summed E-state index contributed by atoms with van der Waals surface area (Å²) in [5, 5.41) is 10.1. The maximum Gasteiger partial charge on any atom is 0.230 e. The Kier molecular flexibility index (Phi) is 3.89. The number of carbonyl (C=O) groups excluding carboxylic acids is 1. The molecule has 1 amide bonds. The predicted molar refractivity (Wildman–Crippen MR) is 102 cm³/mol. The molecule has 1 aliphatic carbocycles. The van der Waals surface area contributed by atoms with Crippen LogP contribution in [0.5, 0.6) is 0 Å². The third-order valence-electron chi connectivity index (χ3n) is 5.46. The Bertz CT molecular complexity index is 948. The first kappa shape index (κ1) is 15.8. The topological polar surface area (TPSA) is 62.5 Å². The minimum absolute atomic E-state index is 0.0594. The van der Waals surface area contributed by atoms with Crippen LogP contribution in [0.4, 0.5) is 5.82 Å². The fraction of sp³-hybridized carbons (Fsp3) is 0.421. The van der Waals surface area contributed by atoms with Gasteiger partial charge < -0.3 is 10.2 Å². The van der Waals surface area contributed by atoms with Crippen molar-refractivity contribution in [3.05, 3.63) is 46.4 Å². The van der Waals surface area contributed by atoms with Gasteiger partial charge in [-0.1, -0.05) is 0 Å². The highest BCUT2D eigenvalue weighted by Crippen LogP contribution is 2.36. The molecule has 0 bridgehead atoms. The van der Waals surface area contributed by atoms with Gasteiger partial charge in [0.1, 0.15) is 5.82 Å². The molecule has 1 fully saturated rings. The molecule has 3 aromatic rings. The molecule has 5 rings (SSSR count). The van der Waals surface area contributed by atoms with Gasteiger partial charge in [0.25, 0.3) is 0 Å². The molecular weight excluding hydrogens is 346 g/mol. The average molecular weight is 367 g/mol. The number of rotatable bonds is 3. The Hall–Kier alpha value is -2.41. The van der Waals surface area contributed by atoms with E-state index in [4.69, 9.17) is 0 Å². The quantitative estimate of drug-likeness (QED) is 0.773. The second-order valence-electron chi connectivity index (χ2n) is 7.11. The van der Waals surface area contributed by atoms with Gasteiger partial charge in [-0.2, -0.15) is 0 Å². The number of anilines is 1. The fourth-order valence-electron chi connectivity index (χ4n) is 4.14. The molecule has 0 spiro atoms. The van der Waals surface area contributed by atoms with Gasteiger partial charge in [-0.15, -0.1) is 16.4 Å². The van der Waals surface area contributed by atoms with Gasteiger partial charge in [-0.3, -0.25) is 4.79 Å². The van der Waals surface area contributed by atoms with Gasteiger partial charge in [0, 0.05) is 36.4 Å². The third kappa shape index (κ3) is 2.76. The molecule has 134 valence electrons. The van der Waals surface area contributed by atoms with Gasteiger partial charge in [0.2, 0.25) is 5.91 Å². The van der Waals surface area contributed by atoms with Crippen LogP contribution in [0.25, 0.3) is 5.65 Å². The lowest BCUT2D eigenvalue weighted by molar-refractivity contribution is -0.132. The number of nitrogens with one attached hydrogen (secondary N) is 1. The number of nitrogens with zero attached hydrogens (tertiary/aromatic N) is 4. The van der Waals surface area contributed by atoms with Crippen molar-refractivity contribution in [3.8, 4) is 0 Å². The Labute approximate surface area is 155 Å². The number of fused-ring (bicyclic) bond motifs is 2. The number of amides is 1. The summed E-state index contributed by atoms with van der Waals surface area (Å²) in [6.45, 7) is 1.57. The Morgan fingerprint density at radius 3 is 3.19 bits per heavy atom. The van der Waals surface area contributed by atoms with E-state index in [0.717, 1.165) is 50.2 Å². The summed E-state index contributed by atoms with van der Waals surface area (Å²) in [5.74, 6) is 1.18. The third-order valence-corrected chi connectivity index (χ3v) is 6.45. The lowest BCUT2D eigenvalue weighted by atomic mass is 9.87. The standard InChI is InChI=1S/C19H21N5OS/c25-19(15-2-1-3-16-14(15)7-11-26-16)23-9-6-13(12-23)21-17-4-5-18-20-8-10-24(18)22-17/h4-5,7-8,10-11,13,15H,1-3,6,9,12H2,(H,21,22). The first-order valence-corrected chi connectivity index (χ1v) is 10.1. The summed E-state index contributed by atoms with van der Waals surface area (Å²) in [5.41, 5.74) is 2.11. The molecule has 0 saturated carbocycles. The lowest BCUT2D eigenvalue weighted by Crippen LogP contribution is -2.36. The van der Waals surface area contributed by atoms with Crippen LogP contribution in [0.15, 0.2) is 36.0 Å². The van der Waals surface area contributed by atoms with Gasteiger partial charge >= 0.3 is 0 Å². The maximum absolute atomic E-state index is 13.1. The van der Waals surface area contributed by atoms with Gasteiger partial charge in [0.15, 0.2) is 5.65 Å². The maximum atomic E-state index is 13.1. The van der Waals surface area contributed by atoms with Crippen molar-refractivity contribution in [2.45, 2.75) is 37.6 Å². The molecule has 1 N–H and O–H groups in total. The van der Waals surface area contributed by atoms with Gasteiger partial charge in [0.05, 0.1) is 5.92 Å². The van der Waals surface area contributed by atoms with E-state index in [0.29, 0.717) is 5.91 Å². The van der Waals surface area contributed by atoms with Crippen LogP contribution >= 0.6 is 11.3 Å². The molecule has 0 aromatic carbocycles. The van der Waals surface area contributed by atoms with E-state index < -0.39 is 0 Å². The molecule has 1 aliphatic heterocycles. The molecule has 0 radical (unpaired) electrons. The molecule has 6 nitrogen and oxygen atoms in total. The fourth-order valence-corrected chi connectivity index (χ4v) is 5.13. The van der Waals surface area contributed by atoms with Crippen LogP contribution in [-0.4, -0.2) is 44.5 Å². The number of aromatic nitrogens is 3. The van der Waals surface area contributed by atoms with E-state index in [1.54, 1.807) is 22.0 Å². The minimum Gasteiger partial charge on any atom is -0.364 e. The first-order valence-electron chi connectivity index (χ1n) is 9.20. The number of imidazole rings is 1. The summed E-state index contributed by atoms with van der Waals surface area (Å²) < 4.78 is 1.76. The highest BCUT2D eigenvalue weighted by atomic mass is 32.1. The van der Waals surface area contributed by atoms with E-state index >= 15 is 0 Å². The van der Waals surface area contributed by atoms with E-state index in [1.807, 2.05) is 23.2 Å². The molecule has 2 unspecified atom stereocenters. The van der Waals surface area contributed by atoms with Crippen molar-refractivity contribution in [2.75, 3.05) is 18.4 Å². The highest BCUT2D eigenvalue weighted by Gasteiger charge is 2.34. The van der Waals surface area contributed by atoms with Gasteiger partial charge in [-0.05, 0) is 54.8 Å². The van der Waals surface area contributed by atoms with Crippen molar-refractivity contribution < 1.29 is 4.79 Å². The number of thiophene rings is 1. The number of aryl methyl sites for hydroxylation is 1. The van der Waals surface area contributed by atoms with Gasteiger partial charge in [-0.25, -0.2) is 9.50 Å². The van der Waals surface area contributed by atoms with E-state index in [-0.39, 0.29) is 12.0 Å². The number of hydrogen-bond donors (Lipinski definition) is 1. The first-order chi connectivity index (χ1) is 12.8. The normalized spacial score (nSPS) is 22.5. The van der Waals surface area contributed by atoms with Crippen LogP contribution in [-0.2, 0) is 11.2 Å². The second kappa shape index (κ2) is 6.39. The molecule has 4 heterocycles. The largest absolute Gasteiger partial charge is 0.364 e. The molecular formula is C19H21N5OS. The number of hydrogen-bond acceptors (Lipinski definition) is 5. The average Bonchev–Trinajstić information content (AvgIpc) is 3.40.